The number of ether oxygens (including phenoxy) is 3. The Morgan fingerprint density at radius 1 is 1.09 bits per heavy atom. The normalized spacial score (nSPS) is 25.1. The third-order valence-corrected chi connectivity index (χ3v) is 6.89. The summed E-state index contributed by atoms with van der Waals surface area (Å²) in [5, 5.41) is 5.15. The first-order valence-corrected chi connectivity index (χ1v) is 11.9. The summed E-state index contributed by atoms with van der Waals surface area (Å²) in [5.74, 6) is 0.530. The van der Waals surface area contributed by atoms with Crippen molar-refractivity contribution in [2.75, 3.05) is 20.3 Å². The number of hydrogen-bond acceptors (Lipinski definition) is 8. The minimum absolute atomic E-state index is 0.0712. The summed E-state index contributed by atoms with van der Waals surface area (Å²) in [4.78, 5) is 18.4. The number of carbonyl (C=O) groups is 1. The topological polar surface area (TPSA) is 98.1 Å². The van der Waals surface area contributed by atoms with Crippen molar-refractivity contribution in [3.05, 3.63) is 65.7 Å². The molecule has 3 unspecified atom stereocenters. The molecule has 3 aromatic rings. The number of fused-ring (bicyclic) bond motifs is 2. The van der Waals surface area contributed by atoms with Gasteiger partial charge < -0.3 is 23.9 Å². The number of nitrogens with zero attached hydrogens (tertiary/aromatic N) is 2. The molecule has 182 valence electrons. The highest BCUT2D eigenvalue weighted by Gasteiger charge is 2.50. The zero-order chi connectivity index (χ0) is 23.9. The molecule has 2 fully saturated rings. The number of benzene rings is 2. The Hall–Kier alpha value is -3.40. The fourth-order valence-corrected chi connectivity index (χ4v) is 5.15. The summed E-state index contributed by atoms with van der Waals surface area (Å²) >= 11 is 0. The van der Waals surface area contributed by atoms with E-state index in [4.69, 9.17) is 18.6 Å². The minimum atomic E-state index is -0.377. The highest BCUT2D eigenvalue weighted by Crippen LogP contribution is 2.39. The molecule has 9 heteroatoms. The van der Waals surface area contributed by atoms with Gasteiger partial charge in [0.15, 0.2) is 11.1 Å². The second-order valence-electron chi connectivity index (χ2n) is 9.02. The molecule has 1 aromatic heterocycles. The molecule has 1 amide bonds. The van der Waals surface area contributed by atoms with Gasteiger partial charge in [0.25, 0.3) is 5.91 Å². The number of amides is 1. The van der Waals surface area contributed by atoms with Gasteiger partial charge in [-0.1, -0.05) is 36.4 Å². The quantitative estimate of drug-likeness (QED) is 0.580. The van der Waals surface area contributed by atoms with Crippen LogP contribution in [0.1, 0.15) is 37.1 Å². The van der Waals surface area contributed by atoms with Crippen LogP contribution in [0.2, 0.25) is 0 Å². The van der Waals surface area contributed by atoms with Gasteiger partial charge >= 0.3 is 0 Å². The van der Waals surface area contributed by atoms with Gasteiger partial charge in [-0.3, -0.25) is 4.79 Å². The standard InChI is InChI=1S/C26H28N4O5/c1-15-20(24-28-22-18(32-2)9-6-10-19(22)35-24)26(31)30-23(27-15)21(16-7-4-3-5-8-16)25(29-30)34-17-11-13-33-14-12-17/h3-10,17,21,23,25,27,29H,11-14H2,1-2H3. The second kappa shape index (κ2) is 8.99. The van der Waals surface area contributed by atoms with E-state index in [1.165, 1.54) is 0 Å². The molecule has 0 aliphatic carbocycles. The molecule has 0 bridgehead atoms. The molecule has 2 aromatic carbocycles. The molecule has 2 N–H and O–H groups in total. The first kappa shape index (κ1) is 22.1. The first-order chi connectivity index (χ1) is 17.1. The number of nitrogens with one attached hydrogen (secondary N) is 2. The molecule has 0 saturated carbocycles. The molecule has 6 rings (SSSR count). The predicted molar refractivity (Wildman–Crippen MR) is 128 cm³/mol. The third kappa shape index (κ3) is 3.85. The van der Waals surface area contributed by atoms with Gasteiger partial charge in [-0.2, -0.15) is 0 Å². The SMILES string of the molecule is COc1cccc2oc(C3=C(C)NC4C(c5ccccc5)C(OC5CCOCC5)NN4C3=O)nc12. The Morgan fingerprint density at radius 2 is 1.89 bits per heavy atom. The Bertz CT molecular complexity index is 1270. The van der Waals surface area contributed by atoms with Crippen LogP contribution >= 0.6 is 0 Å². The van der Waals surface area contributed by atoms with E-state index in [1.807, 2.05) is 43.3 Å². The van der Waals surface area contributed by atoms with Crippen LogP contribution in [0.3, 0.4) is 0 Å². The van der Waals surface area contributed by atoms with Gasteiger partial charge in [0, 0.05) is 18.9 Å². The van der Waals surface area contributed by atoms with Crippen LogP contribution in [0.25, 0.3) is 16.7 Å². The molecule has 0 radical (unpaired) electrons. The van der Waals surface area contributed by atoms with Crippen LogP contribution in [-0.4, -0.2) is 54.7 Å². The number of allylic oxidation sites excluding steroid dienone is 1. The van der Waals surface area contributed by atoms with Crippen molar-refractivity contribution < 1.29 is 23.4 Å². The van der Waals surface area contributed by atoms with E-state index >= 15 is 0 Å². The molecule has 2 saturated heterocycles. The summed E-state index contributed by atoms with van der Waals surface area (Å²) in [7, 11) is 1.59. The first-order valence-electron chi connectivity index (χ1n) is 11.9. The van der Waals surface area contributed by atoms with Gasteiger partial charge in [-0.05, 0) is 37.5 Å². The minimum Gasteiger partial charge on any atom is -0.494 e. The van der Waals surface area contributed by atoms with Crippen LogP contribution in [0.5, 0.6) is 5.75 Å². The van der Waals surface area contributed by atoms with Crippen molar-refractivity contribution in [2.24, 2.45) is 0 Å². The zero-order valence-electron chi connectivity index (χ0n) is 19.7. The fraction of sp³-hybridized carbons (Fsp3) is 0.385. The molecule has 0 spiro atoms. The smallest absolute Gasteiger partial charge is 0.277 e. The van der Waals surface area contributed by atoms with E-state index in [1.54, 1.807) is 12.1 Å². The Labute approximate surface area is 203 Å². The number of carbonyl (C=O) groups excluding carboxylic acids is 1. The van der Waals surface area contributed by atoms with Crippen molar-refractivity contribution in [3.8, 4) is 5.75 Å². The van der Waals surface area contributed by atoms with E-state index in [2.05, 4.69) is 27.9 Å². The molecular formula is C26H28N4O5. The lowest BCUT2D eigenvalue weighted by Gasteiger charge is -2.34. The van der Waals surface area contributed by atoms with Crippen LogP contribution in [0.15, 0.2) is 58.6 Å². The predicted octanol–water partition coefficient (Wildman–Crippen LogP) is 3.15. The molecule has 35 heavy (non-hydrogen) atoms. The highest BCUT2D eigenvalue weighted by atomic mass is 16.5. The lowest BCUT2D eigenvalue weighted by molar-refractivity contribution is -0.133. The van der Waals surface area contributed by atoms with Gasteiger partial charge in [-0.15, -0.1) is 0 Å². The number of para-hydroxylation sites is 1. The van der Waals surface area contributed by atoms with E-state index < -0.39 is 0 Å². The van der Waals surface area contributed by atoms with Gasteiger partial charge in [-0.25, -0.2) is 15.4 Å². The maximum absolute atomic E-state index is 13.8. The number of aromatic nitrogens is 1. The number of methoxy groups -OCH3 is 1. The van der Waals surface area contributed by atoms with E-state index in [9.17, 15) is 4.79 Å². The Morgan fingerprint density at radius 3 is 2.66 bits per heavy atom. The number of rotatable bonds is 5. The summed E-state index contributed by atoms with van der Waals surface area (Å²) in [6, 6.07) is 15.6. The van der Waals surface area contributed by atoms with Crippen molar-refractivity contribution in [1.82, 2.24) is 20.7 Å². The summed E-state index contributed by atoms with van der Waals surface area (Å²) in [6.07, 6.45) is 1.04. The zero-order valence-corrected chi connectivity index (χ0v) is 19.7. The molecular weight excluding hydrogens is 448 g/mol. The number of hydrazine groups is 1. The van der Waals surface area contributed by atoms with Crippen LogP contribution in [0.4, 0.5) is 0 Å². The van der Waals surface area contributed by atoms with E-state index in [0.29, 0.717) is 41.3 Å². The largest absolute Gasteiger partial charge is 0.494 e. The second-order valence-corrected chi connectivity index (χ2v) is 9.02. The summed E-state index contributed by atoms with van der Waals surface area (Å²) in [5.41, 5.74) is 6.66. The monoisotopic (exact) mass is 476 g/mol. The maximum atomic E-state index is 13.8. The van der Waals surface area contributed by atoms with Gasteiger partial charge in [0.1, 0.15) is 23.7 Å². The Kier molecular flexibility index (Phi) is 5.68. The number of hydrogen-bond donors (Lipinski definition) is 2. The van der Waals surface area contributed by atoms with Crippen LogP contribution in [-0.2, 0) is 14.3 Å². The summed E-state index contributed by atoms with van der Waals surface area (Å²) < 4.78 is 23.4. The third-order valence-electron chi connectivity index (χ3n) is 6.89. The van der Waals surface area contributed by atoms with Crippen LogP contribution < -0.4 is 15.5 Å². The molecule has 3 aliphatic heterocycles. The maximum Gasteiger partial charge on any atom is 0.277 e. The van der Waals surface area contributed by atoms with Crippen molar-refractivity contribution in [3.63, 3.8) is 0 Å². The lowest BCUT2D eigenvalue weighted by Crippen LogP contribution is -2.54. The average Bonchev–Trinajstić information content (AvgIpc) is 3.46. The van der Waals surface area contributed by atoms with Crippen LogP contribution in [0, 0.1) is 0 Å². The van der Waals surface area contributed by atoms with Crippen molar-refractivity contribution >= 4 is 22.6 Å². The molecule has 9 nitrogen and oxygen atoms in total. The van der Waals surface area contributed by atoms with Crippen molar-refractivity contribution in [1.29, 1.82) is 0 Å². The Balaban J connectivity index is 1.35. The molecule has 3 atom stereocenters. The average molecular weight is 477 g/mol. The van der Waals surface area contributed by atoms with Gasteiger partial charge in [0.05, 0.1) is 19.1 Å². The number of oxazole rings is 1. The fourth-order valence-electron chi connectivity index (χ4n) is 5.15. The summed E-state index contributed by atoms with van der Waals surface area (Å²) in [6.45, 7) is 3.25. The molecule has 3 aliphatic rings. The van der Waals surface area contributed by atoms with E-state index in [-0.39, 0.29) is 36.2 Å². The molecule has 4 heterocycles. The van der Waals surface area contributed by atoms with E-state index in [0.717, 1.165) is 18.4 Å². The lowest BCUT2D eigenvalue weighted by atomic mass is 9.93. The van der Waals surface area contributed by atoms with Gasteiger partial charge in [0.2, 0.25) is 5.89 Å². The highest BCUT2D eigenvalue weighted by molar-refractivity contribution is 6.20. The van der Waals surface area contributed by atoms with Crippen molar-refractivity contribution in [2.45, 2.75) is 44.2 Å².